The van der Waals surface area contributed by atoms with Crippen LogP contribution in [-0.2, 0) is 9.53 Å². The van der Waals surface area contributed by atoms with Crippen LogP contribution in [0.4, 0.5) is 4.79 Å². The Morgan fingerprint density at radius 1 is 1.57 bits per heavy atom. The van der Waals surface area contributed by atoms with Gasteiger partial charge in [0.1, 0.15) is 0 Å². The number of hydrogen-bond donors (Lipinski definition) is 2. The lowest BCUT2D eigenvalue weighted by molar-refractivity contribution is -0.123. The van der Waals surface area contributed by atoms with E-state index in [2.05, 4.69) is 10.1 Å². The molecular formula is C8H16N2O3S. The third-order valence-electron chi connectivity index (χ3n) is 1.84. The highest BCUT2D eigenvalue weighted by atomic mass is 32.2. The summed E-state index contributed by atoms with van der Waals surface area (Å²) in [5.74, 6) is 0.414. The molecule has 82 valence electrons. The van der Waals surface area contributed by atoms with Gasteiger partial charge in [0.05, 0.1) is 7.11 Å². The first-order valence-corrected chi connectivity index (χ1v) is 5.50. The van der Waals surface area contributed by atoms with E-state index < -0.39 is 11.8 Å². The van der Waals surface area contributed by atoms with E-state index in [0.29, 0.717) is 12.2 Å². The maximum absolute atomic E-state index is 11.2. The Labute approximate surface area is 87.7 Å². The van der Waals surface area contributed by atoms with Gasteiger partial charge in [-0.2, -0.15) is 11.8 Å². The molecule has 0 bridgehead atoms. The predicted octanol–water partition coefficient (Wildman–Crippen LogP) is 0.339. The van der Waals surface area contributed by atoms with Crippen molar-refractivity contribution in [1.29, 1.82) is 0 Å². The molecule has 0 radical (unpaired) electrons. The SMILES string of the molecule is COC(=O)N[C@@](N)(CCSC)C(C)=O. The van der Waals surface area contributed by atoms with E-state index in [9.17, 15) is 9.59 Å². The summed E-state index contributed by atoms with van der Waals surface area (Å²) in [6.45, 7) is 1.34. The molecule has 6 heteroatoms. The maximum atomic E-state index is 11.2. The molecule has 0 aromatic rings. The molecule has 0 saturated carbocycles. The number of ketones is 1. The molecule has 0 spiro atoms. The van der Waals surface area contributed by atoms with Gasteiger partial charge in [0.2, 0.25) is 0 Å². The van der Waals surface area contributed by atoms with Crippen molar-refractivity contribution in [2.75, 3.05) is 19.1 Å². The van der Waals surface area contributed by atoms with E-state index in [1.54, 1.807) is 11.8 Å². The Hall–Kier alpha value is -0.750. The molecule has 0 unspecified atom stereocenters. The second-order valence-corrected chi connectivity index (χ2v) is 3.87. The number of Topliss-reactive ketones (excluding diaryl/α,β-unsaturated/α-hetero) is 1. The largest absolute Gasteiger partial charge is 0.453 e. The van der Waals surface area contributed by atoms with Crippen molar-refractivity contribution in [2.24, 2.45) is 5.73 Å². The predicted molar refractivity (Wildman–Crippen MR) is 56.1 cm³/mol. The molecule has 0 aliphatic heterocycles. The van der Waals surface area contributed by atoms with Crippen molar-refractivity contribution in [1.82, 2.24) is 5.32 Å². The van der Waals surface area contributed by atoms with Gasteiger partial charge in [0.15, 0.2) is 11.4 Å². The lowest BCUT2D eigenvalue weighted by Crippen LogP contribution is -2.61. The molecule has 1 atom stereocenters. The first-order chi connectivity index (χ1) is 6.46. The highest BCUT2D eigenvalue weighted by Gasteiger charge is 2.32. The summed E-state index contributed by atoms with van der Waals surface area (Å²) in [5.41, 5.74) is 4.42. The Bertz CT molecular complexity index is 223. The smallest absolute Gasteiger partial charge is 0.408 e. The summed E-state index contributed by atoms with van der Waals surface area (Å²) < 4.78 is 4.39. The number of alkyl carbamates (subject to hydrolysis) is 1. The fourth-order valence-corrected chi connectivity index (χ4v) is 1.35. The fourth-order valence-electron chi connectivity index (χ4n) is 0.823. The van der Waals surface area contributed by atoms with Gasteiger partial charge >= 0.3 is 6.09 Å². The second-order valence-electron chi connectivity index (χ2n) is 2.89. The summed E-state index contributed by atoms with van der Waals surface area (Å²) >= 11 is 1.56. The molecule has 0 rings (SSSR count). The van der Waals surface area contributed by atoms with Crippen molar-refractivity contribution >= 4 is 23.6 Å². The molecule has 5 nitrogen and oxygen atoms in total. The van der Waals surface area contributed by atoms with Crippen molar-refractivity contribution in [3.63, 3.8) is 0 Å². The van der Waals surface area contributed by atoms with E-state index in [1.165, 1.54) is 14.0 Å². The standard InChI is InChI=1S/C8H16N2O3S/c1-6(11)8(9,4-5-14-3)10-7(12)13-2/h4-5,9H2,1-3H3,(H,10,12)/t8-/m0/s1. The number of thioether (sulfide) groups is 1. The van der Waals surface area contributed by atoms with Crippen LogP contribution in [0.5, 0.6) is 0 Å². The van der Waals surface area contributed by atoms with Gasteiger partial charge in [-0.15, -0.1) is 0 Å². The van der Waals surface area contributed by atoms with Crippen LogP contribution < -0.4 is 11.1 Å². The van der Waals surface area contributed by atoms with E-state index in [0.717, 1.165) is 0 Å². The Morgan fingerprint density at radius 3 is 2.50 bits per heavy atom. The van der Waals surface area contributed by atoms with Gasteiger partial charge in [0, 0.05) is 6.42 Å². The summed E-state index contributed by atoms with van der Waals surface area (Å²) in [5, 5.41) is 2.33. The third kappa shape index (κ3) is 3.97. The minimum absolute atomic E-state index is 0.281. The van der Waals surface area contributed by atoms with Crippen molar-refractivity contribution in [3.8, 4) is 0 Å². The Balaban J connectivity index is 4.39. The molecule has 0 aliphatic rings. The molecule has 14 heavy (non-hydrogen) atoms. The molecule has 0 saturated heterocycles. The van der Waals surface area contributed by atoms with E-state index >= 15 is 0 Å². The fraction of sp³-hybridized carbons (Fsp3) is 0.750. The lowest BCUT2D eigenvalue weighted by Gasteiger charge is -2.26. The van der Waals surface area contributed by atoms with Gasteiger partial charge in [-0.25, -0.2) is 4.79 Å². The molecule has 1 amide bonds. The lowest BCUT2D eigenvalue weighted by atomic mass is 10.0. The number of hydrogen-bond acceptors (Lipinski definition) is 5. The monoisotopic (exact) mass is 220 g/mol. The molecule has 0 aromatic heterocycles. The van der Waals surface area contributed by atoms with Crippen LogP contribution in [0.2, 0.25) is 0 Å². The van der Waals surface area contributed by atoms with Crippen molar-refractivity contribution in [2.45, 2.75) is 19.0 Å². The number of amides is 1. The normalized spacial score (nSPS) is 14.3. The van der Waals surface area contributed by atoms with E-state index in [-0.39, 0.29) is 5.78 Å². The molecule has 0 aliphatic carbocycles. The zero-order chi connectivity index (χ0) is 11.2. The average molecular weight is 220 g/mol. The average Bonchev–Trinajstić information content (AvgIpc) is 2.14. The maximum Gasteiger partial charge on any atom is 0.408 e. The highest BCUT2D eigenvalue weighted by Crippen LogP contribution is 2.09. The van der Waals surface area contributed by atoms with Crippen LogP contribution in [0.15, 0.2) is 0 Å². The first kappa shape index (κ1) is 13.2. The number of nitrogens with two attached hydrogens (primary N) is 1. The quantitative estimate of drug-likeness (QED) is 0.653. The summed E-state index contributed by atoms with van der Waals surface area (Å²) in [6.07, 6.45) is 1.60. The van der Waals surface area contributed by atoms with Gasteiger partial charge in [-0.1, -0.05) is 0 Å². The Morgan fingerprint density at radius 2 is 2.14 bits per heavy atom. The number of nitrogens with one attached hydrogen (secondary N) is 1. The number of ether oxygens (including phenoxy) is 1. The van der Waals surface area contributed by atoms with Crippen LogP contribution in [-0.4, -0.2) is 36.7 Å². The van der Waals surface area contributed by atoms with Gasteiger partial charge in [0.25, 0.3) is 0 Å². The van der Waals surface area contributed by atoms with Gasteiger partial charge < -0.3 is 10.5 Å². The Kier molecular flexibility index (Phi) is 5.56. The summed E-state index contributed by atoms with van der Waals surface area (Å²) in [4.78, 5) is 22.1. The number of methoxy groups -OCH3 is 1. The van der Waals surface area contributed by atoms with Crippen LogP contribution in [0.3, 0.4) is 0 Å². The molecule has 0 heterocycles. The van der Waals surface area contributed by atoms with Gasteiger partial charge in [-0.3, -0.25) is 10.1 Å². The van der Waals surface area contributed by atoms with Crippen molar-refractivity contribution in [3.05, 3.63) is 0 Å². The molecular weight excluding hydrogens is 204 g/mol. The molecule has 0 fully saturated rings. The third-order valence-corrected chi connectivity index (χ3v) is 2.45. The highest BCUT2D eigenvalue weighted by molar-refractivity contribution is 7.98. The molecule has 3 N–H and O–H groups in total. The first-order valence-electron chi connectivity index (χ1n) is 4.11. The summed E-state index contributed by atoms with van der Waals surface area (Å²) in [7, 11) is 1.23. The minimum Gasteiger partial charge on any atom is -0.453 e. The minimum atomic E-state index is -1.31. The topological polar surface area (TPSA) is 81.4 Å². The number of carbonyl (C=O) groups is 2. The zero-order valence-corrected chi connectivity index (χ0v) is 9.44. The van der Waals surface area contributed by atoms with E-state index in [4.69, 9.17) is 5.73 Å². The van der Waals surface area contributed by atoms with Crippen LogP contribution in [0, 0.1) is 0 Å². The number of rotatable bonds is 5. The zero-order valence-electron chi connectivity index (χ0n) is 8.62. The van der Waals surface area contributed by atoms with Crippen LogP contribution in [0.25, 0.3) is 0 Å². The summed E-state index contributed by atoms with van der Waals surface area (Å²) in [6, 6.07) is 0. The second kappa shape index (κ2) is 5.87. The van der Waals surface area contributed by atoms with Crippen molar-refractivity contribution < 1.29 is 14.3 Å². The molecule has 0 aromatic carbocycles. The number of carbonyl (C=O) groups excluding carboxylic acids is 2. The van der Waals surface area contributed by atoms with Gasteiger partial charge in [-0.05, 0) is 18.9 Å². The van der Waals surface area contributed by atoms with E-state index in [1.807, 2.05) is 6.26 Å². The van der Waals surface area contributed by atoms with Crippen LogP contribution in [0.1, 0.15) is 13.3 Å². The van der Waals surface area contributed by atoms with Crippen LogP contribution >= 0.6 is 11.8 Å².